The Morgan fingerprint density at radius 1 is 0.833 bits per heavy atom. The molecule has 2 rings (SSSR count). The number of methoxy groups -OCH3 is 2. The van der Waals surface area contributed by atoms with Gasteiger partial charge in [0, 0.05) is 0 Å². The molecule has 0 saturated heterocycles. The van der Waals surface area contributed by atoms with Crippen LogP contribution in [0.5, 0.6) is 23.0 Å². The largest absolute Gasteiger partial charge is 0.536 e. The molecule has 2 aromatic carbocycles. The number of aromatic hydroxyl groups is 1. The second-order valence-corrected chi connectivity index (χ2v) is 9.50. The lowest BCUT2D eigenvalue weighted by atomic mass is 10.1. The number of phosphoric acid groups is 2. The van der Waals surface area contributed by atoms with Gasteiger partial charge < -0.3 is 35.0 Å². The number of carbonyl (C=O) groups is 2. The first-order chi connectivity index (χ1) is 16.3. The quantitative estimate of drug-likeness (QED) is 0.147. The Labute approximate surface area is 206 Å². The van der Waals surface area contributed by atoms with Gasteiger partial charge in [-0.15, -0.1) is 0 Å². The van der Waals surface area contributed by atoms with E-state index in [1.165, 1.54) is 56.7 Å². The third kappa shape index (κ3) is 10.1. The fraction of sp³-hybridized carbons (Fsp3) is 0.143. The molecule has 0 heterocycles. The number of rotatable bonds is 12. The molecular weight excluding hydrogens is 520 g/mol. The first-order valence-electron chi connectivity index (χ1n) is 9.58. The smallest absolute Gasteiger partial charge is 0.504 e. The van der Waals surface area contributed by atoms with Crippen molar-refractivity contribution in [2.75, 3.05) is 14.2 Å². The molecule has 0 saturated carbocycles. The SMILES string of the molecule is COc1cc(/C=C/C(=O)CC(=O)/C=C/c2ccc(OP(=O)(O)OP(=O)(O)O)c(OC)c2)ccc1O.N. The third-order valence-corrected chi connectivity index (χ3v) is 6.19. The van der Waals surface area contributed by atoms with Crippen LogP contribution in [0, 0.1) is 0 Å². The highest BCUT2D eigenvalue weighted by molar-refractivity contribution is 7.60. The van der Waals surface area contributed by atoms with Crippen molar-refractivity contribution in [1.29, 1.82) is 0 Å². The maximum atomic E-state index is 12.1. The van der Waals surface area contributed by atoms with Gasteiger partial charge in [-0.25, -0.2) is 9.13 Å². The molecule has 7 N–H and O–H groups in total. The molecule has 0 radical (unpaired) electrons. The molecule has 0 aliphatic carbocycles. The highest BCUT2D eigenvalue weighted by atomic mass is 31.3. The molecule has 15 heteroatoms. The number of hydrogen-bond donors (Lipinski definition) is 5. The Morgan fingerprint density at radius 2 is 1.33 bits per heavy atom. The minimum absolute atomic E-state index is 0. The van der Waals surface area contributed by atoms with Crippen molar-refractivity contribution >= 4 is 39.4 Å². The molecule has 1 unspecified atom stereocenters. The first kappa shape index (κ1) is 30.8. The van der Waals surface area contributed by atoms with Gasteiger partial charge in [-0.1, -0.05) is 24.3 Å². The summed E-state index contributed by atoms with van der Waals surface area (Å²) in [4.78, 5) is 51.0. The second-order valence-electron chi connectivity index (χ2n) is 6.75. The molecule has 1 atom stereocenters. The van der Waals surface area contributed by atoms with Gasteiger partial charge in [0.1, 0.15) is 0 Å². The zero-order chi connectivity index (χ0) is 26.2. The van der Waals surface area contributed by atoms with Crippen LogP contribution >= 0.6 is 15.6 Å². The molecular formula is C21H25NO12P2. The zero-order valence-electron chi connectivity index (χ0n) is 19.1. The minimum atomic E-state index is -5.30. The molecule has 2 aromatic rings. The zero-order valence-corrected chi connectivity index (χ0v) is 20.9. The van der Waals surface area contributed by atoms with Crippen molar-refractivity contribution in [3.8, 4) is 23.0 Å². The predicted molar refractivity (Wildman–Crippen MR) is 129 cm³/mol. The summed E-state index contributed by atoms with van der Waals surface area (Å²) in [7, 11) is -7.85. The summed E-state index contributed by atoms with van der Waals surface area (Å²) in [6.45, 7) is 0. The summed E-state index contributed by atoms with van der Waals surface area (Å²) < 4.78 is 40.8. The molecule has 0 amide bonds. The molecule has 0 aliphatic rings. The summed E-state index contributed by atoms with van der Waals surface area (Å²) in [5, 5.41) is 9.58. The molecule has 0 aromatic heterocycles. The van der Waals surface area contributed by atoms with Crippen LogP contribution in [0.15, 0.2) is 48.6 Å². The summed E-state index contributed by atoms with van der Waals surface area (Å²) >= 11 is 0. The number of phenolic OH excluding ortho intramolecular Hbond substituents is 1. The molecule has 196 valence electrons. The van der Waals surface area contributed by atoms with E-state index in [0.717, 1.165) is 12.1 Å². The van der Waals surface area contributed by atoms with E-state index >= 15 is 0 Å². The summed E-state index contributed by atoms with van der Waals surface area (Å²) in [6.07, 6.45) is 4.80. The van der Waals surface area contributed by atoms with Gasteiger partial charge in [-0.05, 0) is 47.5 Å². The van der Waals surface area contributed by atoms with Gasteiger partial charge in [0.25, 0.3) is 0 Å². The second kappa shape index (κ2) is 13.1. The first-order valence-corrected chi connectivity index (χ1v) is 12.6. The summed E-state index contributed by atoms with van der Waals surface area (Å²) in [6, 6.07) is 8.34. The number of ether oxygens (including phenoxy) is 2. The predicted octanol–water partition coefficient (Wildman–Crippen LogP) is 3.41. The number of carbonyl (C=O) groups excluding carboxylic acids is 2. The third-order valence-electron chi connectivity index (χ3n) is 4.09. The van der Waals surface area contributed by atoms with Crippen LogP contribution < -0.4 is 20.1 Å². The summed E-state index contributed by atoms with van der Waals surface area (Å²) in [5.74, 6) is -1.21. The number of benzene rings is 2. The molecule has 0 aliphatic heterocycles. The Kier molecular flexibility index (Phi) is 11.2. The van der Waals surface area contributed by atoms with E-state index in [-0.39, 0.29) is 29.1 Å². The van der Waals surface area contributed by atoms with Crippen LogP contribution in [0.4, 0.5) is 0 Å². The minimum Gasteiger partial charge on any atom is -0.504 e. The van der Waals surface area contributed by atoms with E-state index in [2.05, 4.69) is 8.83 Å². The topological polar surface area (TPSA) is 221 Å². The molecule has 36 heavy (non-hydrogen) atoms. The van der Waals surface area contributed by atoms with Crippen LogP contribution in [-0.4, -0.2) is 45.6 Å². The molecule has 0 bridgehead atoms. The van der Waals surface area contributed by atoms with Crippen molar-refractivity contribution < 1.29 is 56.8 Å². The lowest BCUT2D eigenvalue weighted by Gasteiger charge is -2.15. The average Bonchev–Trinajstić information content (AvgIpc) is 2.75. The van der Waals surface area contributed by atoms with Crippen molar-refractivity contribution in [2.24, 2.45) is 0 Å². The Balaban J connectivity index is 0.00000648. The van der Waals surface area contributed by atoms with E-state index in [4.69, 9.17) is 19.3 Å². The lowest BCUT2D eigenvalue weighted by molar-refractivity contribution is -0.121. The van der Waals surface area contributed by atoms with Crippen molar-refractivity contribution in [2.45, 2.75) is 6.42 Å². The van der Waals surface area contributed by atoms with Gasteiger partial charge in [-0.3, -0.25) is 14.5 Å². The van der Waals surface area contributed by atoms with Crippen LogP contribution in [0.3, 0.4) is 0 Å². The van der Waals surface area contributed by atoms with E-state index < -0.39 is 33.6 Å². The maximum absolute atomic E-state index is 12.1. The Morgan fingerprint density at radius 3 is 1.83 bits per heavy atom. The van der Waals surface area contributed by atoms with Crippen molar-refractivity contribution in [3.63, 3.8) is 0 Å². The monoisotopic (exact) mass is 545 g/mol. The highest BCUT2D eigenvalue weighted by Gasteiger charge is 2.34. The van der Waals surface area contributed by atoms with E-state index in [9.17, 15) is 28.7 Å². The van der Waals surface area contributed by atoms with Crippen LogP contribution in [-0.2, 0) is 23.0 Å². The van der Waals surface area contributed by atoms with Gasteiger partial charge in [-0.2, -0.15) is 4.31 Å². The van der Waals surface area contributed by atoms with E-state index in [0.29, 0.717) is 11.1 Å². The fourth-order valence-electron chi connectivity index (χ4n) is 2.60. The molecule has 13 nitrogen and oxygen atoms in total. The average molecular weight is 545 g/mol. The van der Waals surface area contributed by atoms with Gasteiger partial charge in [0.2, 0.25) is 0 Å². The Bertz CT molecular complexity index is 1250. The molecule has 0 fully saturated rings. The Hall–Kier alpha value is -3.28. The van der Waals surface area contributed by atoms with Gasteiger partial charge in [0.15, 0.2) is 34.6 Å². The number of phosphoric ester groups is 1. The standard InChI is InChI=1S/C21H22O12P2.H3N/c1-30-20-11-14(5-9-18(20)24)3-7-16(22)13-17(23)8-4-15-6-10-19(21(12-15)31-2)32-35(28,29)33-34(25,26)27;/h3-12,24H,13H2,1-2H3,(H,28,29)(H2,25,26,27);1H3/b7-3+,8-4+;. The van der Waals surface area contributed by atoms with E-state index in [1.54, 1.807) is 6.07 Å². The number of ketones is 2. The van der Waals surface area contributed by atoms with Gasteiger partial charge in [0.05, 0.1) is 20.6 Å². The van der Waals surface area contributed by atoms with Gasteiger partial charge >= 0.3 is 15.6 Å². The van der Waals surface area contributed by atoms with Crippen molar-refractivity contribution in [3.05, 3.63) is 59.7 Å². The van der Waals surface area contributed by atoms with Crippen molar-refractivity contribution in [1.82, 2.24) is 6.15 Å². The molecule has 0 spiro atoms. The number of allylic oxidation sites excluding steroid dienone is 2. The van der Waals surface area contributed by atoms with E-state index in [1.807, 2.05) is 0 Å². The van der Waals surface area contributed by atoms with Crippen LogP contribution in [0.25, 0.3) is 12.2 Å². The number of hydrogen-bond acceptors (Lipinski definition) is 10. The number of phenols is 1. The maximum Gasteiger partial charge on any atom is 0.536 e. The lowest BCUT2D eigenvalue weighted by Crippen LogP contribution is -2.02. The summed E-state index contributed by atoms with van der Waals surface area (Å²) in [5.41, 5.74) is 0.981. The highest BCUT2D eigenvalue weighted by Crippen LogP contribution is 2.58. The van der Waals surface area contributed by atoms with Crippen LogP contribution in [0.1, 0.15) is 17.5 Å². The normalized spacial score (nSPS) is 13.1. The fourth-order valence-corrected chi connectivity index (χ4v) is 4.21. The van der Waals surface area contributed by atoms with Crippen LogP contribution in [0.2, 0.25) is 0 Å².